The Morgan fingerprint density at radius 3 is 2.48 bits per heavy atom. The molecule has 0 saturated heterocycles. The molecule has 0 aliphatic rings. The first-order valence-electron chi connectivity index (χ1n) is 6.71. The molecule has 1 unspecified atom stereocenters. The van der Waals surface area contributed by atoms with E-state index in [0.29, 0.717) is 10.6 Å². The van der Waals surface area contributed by atoms with Crippen LogP contribution >= 0.6 is 11.6 Å². The number of carbonyl (C=O) groups excluding carboxylic acids is 1. The zero-order valence-corrected chi connectivity index (χ0v) is 12.8. The maximum atomic E-state index is 12.4. The third kappa shape index (κ3) is 3.43. The van der Waals surface area contributed by atoms with Gasteiger partial charge in [0.05, 0.1) is 22.7 Å². The van der Waals surface area contributed by atoms with E-state index in [-0.39, 0.29) is 12.5 Å². The Hall–Kier alpha value is -1.84. The third-order valence-electron chi connectivity index (χ3n) is 3.49. The summed E-state index contributed by atoms with van der Waals surface area (Å²) in [5.74, 6) is -0.305. The Bertz CT molecular complexity index is 642. The zero-order valence-electron chi connectivity index (χ0n) is 12.1. The van der Waals surface area contributed by atoms with Crippen molar-refractivity contribution in [3.63, 3.8) is 0 Å². The molecule has 2 aromatic carbocycles. The number of carbonyl (C=O) groups is 1. The van der Waals surface area contributed by atoms with Crippen molar-refractivity contribution in [3.8, 4) is 0 Å². The van der Waals surface area contributed by atoms with Gasteiger partial charge in [0.1, 0.15) is 0 Å². The Labute approximate surface area is 129 Å². The molecule has 1 atom stereocenters. The molecule has 0 bridgehead atoms. The Morgan fingerprint density at radius 1 is 1.24 bits per heavy atom. The van der Waals surface area contributed by atoms with Gasteiger partial charge in [0.25, 0.3) is 5.91 Å². The number of benzene rings is 2. The van der Waals surface area contributed by atoms with Crippen molar-refractivity contribution in [2.45, 2.75) is 19.4 Å². The van der Waals surface area contributed by atoms with Gasteiger partial charge in [-0.05, 0) is 37.1 Å². The molecular weight excluding hydrogens is 286 g/mol. The number of amides is 1. The first-order chi connectivity index (χ1) is 9.96. The van der Waals surface area contributed by atoms with Gasteiger partial charge in [0, 0.05) is 0 Å². The van der Waals surface area contributed by atoms with Crippen molar-refractivity contribution in [1.29, 1.82) is 0 Å². The number of rotatable bonds is 4. The second-order valence-electron chi connectivity index (χ2n) is 5.29. The summed E-state index contributed by atoms with van der Waals surface area (Å²) < 4.78 is 0. The van der Waals surface area contributed by atoms with Gasteiger partial charge in [-0.3, -0.25) is 4.79 Å². The summed E-state index contributed by atoms with van der Waals surface area (Å²) in [6, 6.07) is 14.6. The first-order valence-corrected chi connectivity index (χ1v) is 7.09. The van der Waals surface area contributed by atoms with Crippen LogP contribution in [0.1, 0.15) is 28.4 Å². The van der Waals surface area contributed by atoms with Crippen LogP contribution in [0.3, 0.4) is 0 Å². The Balaban J connectivity index is 2.28. The second kappa shape index (κ2) is 6.29. The number of aliphatic hydroxyl groups is 1. The van der Waals surface area contributed by atoms with Crippen LogP contribution in [0, 0.1) is 6.92 Å². The van der Waals surface area contributed by atoms with Crippen LogP contribution < -0.4 is 5.32 Å². The summed E-state index contributed by atoms with van der Waals surface area (Å²) in [6.45, 7) is 3.49. The highest BCUT2D eigenvalue weighted by atomic mass is 35.5. The number of hydrogen-bond acceptors (Lipinski definition) is 2. The van der Waals surface area contributed by atoms with E-state index in [1.165, 1.54) is 0 Å². The molecule has 0 fully saturated rings. The minimum atomic E-state index is -0.855. The highest BCUT2D eigenvalue weighted by Gasteiger charge is 2.28. The van der Waals surface area contributed by atoms with Crippen LogP contribution in [0.5, 0.6) is 0 Å². The SMILES string of the molecule is Cc1ccc(C(=O)NC(C)(CO)c2ccccc2)c(Cl)c1. The molecule has 1 amide bonds. The van der Waals surface area contributed by atoms with Gasteiger partial charge in [-0.2, -0.15) is 0 Å². The van der Waals surface area contributed by atoms with Crippen molar-refractivity contribution in [1.82, 2.24) is 5.32 Å². The second-order valence-corrected chi connectivity index (χ2v) is 5.70. The summed E-state index contributed by atoms with van der Waals surface area (Å²) in [6.07, 6.45) is 0. The van der Waals surface area contributed by atoms with Gasteiger partial charge >= 0.3 is 0 Å². The van der Waals surface area contributed by atoms with Crippen LogP contribution in [0.2, 0.25) is 5.02 Å². The largest absolute Gasteiger partial charge is 0.394 e. The van der Waals surface area contributed by atoms with E-state index in [1.807, 2.05) is 43.3 Å². The van der Waals surface area contributed by atoms with E-state index in [9.17, 15) is 9.90 Å². The minimum absolute atomic E-state index is 0.202. The smallest absolute Gasteiger partial charge is 0.253 e. The van der Waals surface area contributed by atoms with Gasteiger partial charge in [-0.15, -0.1) is 0 Å². The highest BCUT2D eigenvalue weighted by molar-refractivity contribution is 6.33. The average Bonchev–Trinajstić information content (AvgIpc) is 2.47. The van der Waals surface area contributed by atoms with E-state index in [2.05, 4.69) is 5.32 Å². The summed E-state index contributed by atoms with van der Waals surface area (Å²) in [4.78, 5) is 12.4. The van der Waals surface area contributed by atoms with Crippen LogP contribution in [0.25, 0.3) is 0 Å². The molecule has 21 heavy (non-hydrogen) atoms. The monoisotopic (exact) mass is 303 g/mol. The number of halogens is 1. The lowest BCUT2D eigenvalue weighted by Crippen LogP contribution is -2.46. The van der Waals surface area contributed by atoms with E-state index in [0.717, 1.165) is 11.1 Å². The first kappa shape index (κ1) is 15.5. The van der Waals surface area contributed by atoms with Crippen LogP contribution in [-0.4, -0.2) is 17.6 Å². The molecule has 2 aromatic rings. The van der Waals surface area contributed by atoms with E-state index < -0.39 is 5.54 Å². The highest BCUT2D eigenvalue weighted by Crippen LogP contribution is 2.23. The normalized spacial score (nSPS) is 13.5. The fraction of sp³-hybridized carbons (Fsp3) is 0.235. The molecule has 0 aliphatic carbocycles. The fourth-order valence-corrected chi connectivity index (χ4v) is 2.45. The topological polar surface area (TPSA) is 49.3 Å². The summed E-state index contributed by atoms with van der Waals surface area (Å²) in [5, 5.41) is 13.0. The van der Waals surface area contributed by atoms with Crippen molar-refractivity contribution < 1.29 is 9.90 Å². The molecule has 0 aliphatic heterocycles. The van der Waals surface area contributed by atoms with Crippen molar-refractivity contribution in [2.75, 3.05) is 6.61 Å². The maximum absolute atomic E-state index is 12.4. The number of aliphatic hydroxyl groups excluding tert-OH is 1. The van der Waals surface area contributed by atoms with Gasteiger partial charge in [0.15, 0.2) is 0 Å². The molecule has 3 nitrogen and oxygen atoms in total. The number of hydrogen-bond donors (Lipinski definition) is 2. The quantitative estimate of drug-likeness (QED) is 0.910. The lowest BCUT2D eigenvalue weighted by molar-refractivity contribution is 0.0850. The van der Waals surface area contributed by atoms with Gasteiger partial charge in [0.2, 0.25) is 0 Å². The molecule has 0 radical (unpaired) electrons. The lowest BCUT2D eigenvalue weighted by atomic mass is 9.92. The molecule has 0 saturated carbocycles. The van der Waals surface area contributed by atoms with Crippen LogP contribution in [-0.2, 0) is 5.54 Å². The molecule has 0 aromatic heterocycles. The number of nitrogens with one attached hydrogen (secondary N) is 1. The summed E-state index contributed by atoms with van der Waals surface area (Å²) in [7, 11) is 0. The molecule has 4 heteroatoms. The standard InChI is InChI=1S/C17H18ClNO2/c1-12-8-9-14(15(18)10-12)16(21)19-17(2,11-20)13-6-4-3-5-7-13/h3-10,20H,11H2,1-2H3,(H,19,21). The van der Waals surface area contributed by atoms with E-state index in [1.54, 1.807) is 19.1 Å². The summed E-state index contributed by atoms with van der Waals surface area (Å²) >= 11 is 6.12. The van der Waals surface area contributed by atoms with Gasteiger partial charge in [-0.25, -0.2) is 0 Å². The van der Waals surface area contributed by atoms with E-state index in [4.69, 9.17) is 11.6 Å². The molecule has 2 N–H and O–H groups in total. The summed E-state index contributed by atoms with van der Waals surface area (Å²) in [5.41, 5.74) is 1.37. The molecule has 2 rings (SSSR count). The average molecular weight is 304 g/mol. The fourth-order valence-electron chi connectivity index (χ4n) is 2.13. The van der Waals surface area contributed by atoms with Crippen molar-refractivity contribution in [3.05, 3.63) is 70.2 Å². The molecule has 0 spiro atoms. The molecular formula is C17H18ClNO2. The Morgan fingerprint density at radius 2 is 1.90 bits per heavy atom. The van der Waals surface area contributed by atoms with Crippen LogP contribution in [0.4, 0.5) is 0 Å². The van der Waals surface area contributed by atoms with Gasteiger partial charge < -0.3 is 10.4 Å². The number of aryl methyl sites for hydroxylation is 1. The molecule has 110 valence electrons. The van der Waals surface area contributed by atoms with Gasteiger partial charge in [-0.1, -0.05) is 48.0 Å². The van der Waals surface area contributed by atoms with Crippen LogP contribution in [0.15, 0.2) is 48.5 Å². The minimum Gasteiger partial charge on any atom is -0.394 e. The predicted molar refractivity (Wildman–Crippen MR) is 84.5 cm³/mol. The van der Waals surface area contributed by atoms with Crippen molar-refractivity contribution >= 4 is 17.5 Å². The van der Waals surface area contributed by atoms with Crippen molar-refractivity contribution in [2.24, 2.45) is 0 Å². The third-order valence-corrected chi connectivity index (χ3v) is 3.80. The van der Waals surface area contributed by atoms with E-state index >= 15 is 0 Å². The Kier molecular flexibility index (Phi) is 4.66. The zero-order chi connectivity index (χ0) is 15.5. The lowest BCUT2D eigenvalue weighted by Gasteiger charge is -2.29. The predicted octanol–water partition coefficient (Wildman–Crippen LogP) is 3.29. The maximum Gasteiger partial charge on any atom is 0.253 e. The molecule has 0 heterocycles.